The Morgan fingerprint density at radius 1 is 0.778 bits per heavy atom. The van der Waals surface area contributed by atoms with Crippen LogP contribution in [0.3, 0.4) is 0 Å². The first kappa shape index (κ1) is 24.3. The molecule has 2 atom stereocenters. The maximum atomic E-state index is 6.15. The second kappa shape index (κ2) is 11.1. The quantitative estimate of drug-likeness (QED) is 0.234. The van der Waals surface area contributed by atoms with Gasteiger partial charge in [0, 0.05) is 16.1 Å². The van der Waals surface area contributed by atoms with E-state index in [1.807, 2.05) is 36.9 Å². The number of benzene rings is 4. The van der Waals surface area contributed by atoms with Crippen LogP contribution in [0.4, 0.5) is 0 Å². The SMILES string of the molecule is CCOc1ccc(C2Sc3cc(OCc4ccccc4)ccc3C2Cc2ccc(C)c(OC)c2)cc1. The lowest BCUT2D eigenvalue weighted by atomic mass is 9.86. The fourth-order valence-corrected chi connectivity index (χ4v) is 6.33. The van der Waals surface area contributed by atoms with Gasteiger partial charge in [0.2, 0.25) is 0 Å². The highest BCUT2D eigenvalue weighted by Crippen LogP contribution is 2.56. The second-order valence-electron chi connectivity index (χ2n) is 9.13. The highest BCUT2D eigenvalue weighted by molar-refractivity contribution is 8.00. The maximum Gasteiger partial charge on any atom is 0.122 e. The Morgan fingerprint density at radius 3 is 2.31 bits per heavy atom. The third-order valence-electron chi connectivity index (χ3n) is 6.70. The molecule has 0 amide bonds. The third kappa shape index (κ3) is 5.39. The molecule has 0 saturated heterocycles. The smallest absolute Gasteiger partial charge is 0.122 e. The van der Waals surface area contributed by atoms with E-state index >= 15 is 0 Å². The van der Waals surface area contributed by atoms with Gasteiger partial charge in [-0.2, -0.15) is 0 Å². The number of methoxy groups -OCH3 is 1. The van der Waals surface area contributed by atoms with Crippen molar-refractivity contribution in [2.45, 2.75) is 42.9 Å². The zero-order chi connectivity index (χ0) is 24.9. The summed E-state index contributed by atoms with van der Waals surface area (Å²) < 4.78 is 17.4. The van der Waals surface area contributed by atoms with E-state index in [2.05, 4.69) is 79.7 Å². The highest BCUT2D eigenvalue weighted by Gasteiger charge is 2.35. The number of hydrogen-bond acceptors (Lipinski definition) is 4. The van der Waals surface area contributed by atoms with E-state index in [9.17, 15) is 0 Å². The summed E-state index contributed by atoms with van der Waals surface area (Å²) in [6.07, 6.45) is 0.943. The fraction of sp³-hybridized carbons (Fsp3) is 0.250. The predicted molar refractivity (Wildman–Crippen MR) is 148 cm³/mol. The fourth-order valence-electron chi connectivity index (χ4n) is 4.82. The molecule has 0 bridgehead atoms. The summed E-state index contributed by atoms with van der Waals surface area (Å²) >= 11 is 1.93. The number of ether oxygens (including phenoxy) is 3. The Hall–Kier alpha value is -3.37. The number of thioether (sulfide) groups is 1. The molecule has 36 heavy (non-hydrogen) atoms. The van der Waals surface area contributed by atoms with E-state index in [0.29, 0.717) is 24.4 Å². The normalized spacial score (nSPS) is 16.4. The zero-order valence-corrected chi connectivity index (χ0v) is 21.9. The molecule has 1 heterocycles. The molecule has 0 aliphatic carbocycles. The van der Waals surface area contributed by atoms with Gasteiger partial charge < -0.3 is 14.2 Å². The molecule has 1 aliphatic heterocycles. The maximum absolute atomic E-state index is 6.15. The van der Waals surface area contributed by atoms with E-state index in [-0.39, 0.29) is 0 Å². The summed E-state index contributed by atoms with van der Waals surface area (Å²) in [5.74, 6) is 3.12. The van der Waals surface area contributed by atoms with Crippen LogP contribution in [0.5, 0.6) is 17.2 Å². The van der Waals surface area contributed by atoms with Crippen LogP contribution in [0.25, 0.3) is 0 Å². The second-order valence-corrected chi connectivity index (χ2v) is 10.3. The van der Waals surface area contributed by atoms with Gasteiger partial charge in [0.05, 0.1) is 13.7 Å². The highest BCUT2D eigenvalue weighted by atomic mass is 32.2. The van der Waals surface area contributed by atoms with Crippen LogP contribution < -0.4 is 14.2 Å². The van der Waals surface area contributed by atoms with Crippen molar-refractivity contribution in [3.05, 3.63) is 119 Å². The Bertz CT molecular complexity index is 1300. The number of fused-ring (bicyclic) bond motifs is 1. The number of aryl methyl sites for hydroxylation is 1. The summed E-state index contributed by atoms with van der Waals surface area (Å²) in [5, 5.41) is 0.312. The van der Waals surface area contributed by atoms with E-state index in [0.717, 1.165) is 29.2 Å². The van der Waals surface area contributed by atoms with E-state index in [4.69, 9.17) is 14.2 Å². The van der Waals surface area contributed by atoms with Gasteiger partial charge in [-0.3, -0.25) is 0 Å². The molecule has 0 aromatic heterocycles. The van der Waals surface area contributed by atoms with Crippen molar-refractivity contribution >= 4 is 11.8 Å². The Labute approximate surface area is 218 Å². The van der Waals surface area contributed by atoms with Gasteiger partial charge in [0.15, 0.2) is 0 Å². The first-order chi connectivity index (χ1) is 17.6. The molecule has 4 aromatic rings. The average molecular weight is 497 g/mol. The number of rotatable bonds is 9. The van der Waals surface area contributed by atoms with Crippen LogP contribution in [0.1, 0.15) is 45.9 Å². The van der Waals surface area contributed by atoms with E-state index < -0.39 is 0 Å². The van der Waals surface area contributed by atoms with Gasteiger partial charge in [-0.25, -0.2) is 0 Å². The molecule has 4 heteroatoms. The van der Waals surface area contributed by atoms with Gasteiger partial charge in [-0.1, -0.05) is 60.7 Å². The minimum absolute atomic E-state index is 0.312. The molecule has 1 aliphatic rings. The molecule has 0 spiro atoms. The Balaban J connectivity index is 1.43. The largest absolute Gasteiger partial charge is 0.496 e. The van der Waals surface area contributed by atoms with Gasteiger partial charge in [0.1, 0.15) is 23.9 Å². The predicted octanol–water partition coefficient (Wildman–Crippen LogP) is 8.15. The Kier molecular flexibility index (Phi) is 7.52. The molecular formula is C32H32O3S. The Morgan fingerprint density at radius 2 is 1.56 bits per heavy atom. The van der Waals surface area contributed by atoms with Gasteiger partial charge >= 0.3 is 0 Å². The topological polar surface area (TPSA) is 27.7 Å². The lowest BCUT2D eigenvalue weighted by Crippen LogP contribution is -2.08. The molecule has 3 nitrogen and oxygen atoms in total. The summed E-state index contributed by atoms with van der Waals surface area (Å²) in [4.78, 5) is 1.29. The molecule has 5 rings (SSSR count). The van der Waals surface area contributed by atoms with Gasteiger partial charge in [-0.15, -0.1) is 11.8 Å². The third-order valence-corrected chi connectivity index (χ3v) is 8.16. The lowest BCUT2D eigenvalue weighted by molar-refractivity contribution is 0.305. The molecule has 0 radical (unpaired) electrons. The zero-order valence-electron chi connectivity index (χ0n) is 21.1. The van der Waals surface area contributed by atoms with Crippen molar-refractivity contribution in [3.63, 3.8) is 0 Å². The molecule has 0 N–H and O–H groups in total. The monoisotopic (exact) mass is 496 g/mol. The van der Waals surface area contributed by atoms with Crippen molar-refractivity contribution in [3.8, 4) is 17.2 Å². The minimum Gasteiger partial charge on any atom is -0.496 e. The van der Waals surface area contributed by atoms with Crippen molar-refractivity contribution in [2.75, 3.05) is 13.7 Å². The number of hydrogen-bond donors (Lipinski definition) is 0. The standard InChI is InChI=1S/C32H32O3S/c1-4-34-26-14-12-25(13-15-26)32-29(18-24-11-10-22(2)30(19-24)33-3)28-17-16-27(20-31(28)36-32)35-21-23-8-6-5-7-9-23/h5-17,19-20,29,32H,4,18,21H2,1-3H3. The molecule has 2 unspecified atom stereocenters. The van der Waals surface area contributed by atoms with Gasteiger partial charge in [-0.05, 0) is 78.4 Å². The van der Waals surface area contributed by atoms with Crippen molar-refractivity contribution in [1.82, 2.24) is 0 Å². The van der Waals surface area contributed by atoms with Crippen LogP contribution >= 0.6 is 11.8 Å². The molecule has 0 fully saturated rings. The van der Waals surface area contributed by atoms with Crippen LogP contribution in [-0.4, -0.2) is 13.7 Å². The molecule has 0 saturated carbocycles. The average Bonchev–Trinajstić information content (AvgIpc) is 3.27. The van der Waals surface area contributed by atoms with Crippen molar-refractivity contribution in [2.24, 2.45) is 0 Å². The van der Waals surface area contributed by atoms with Crippen LogP contribution in [0, 0.1) is 6.92 Å². The summed E-state index contributed by atoms with van der Waals surface area (Å²) in [5.41, 5.74) is 6.31. The molecule has 4 aromatic carbocycles. The molecule has 184 valence electrons. The van der Waals surface area contributed by atoms with Crippen LogP contribution in [0.15, 0.2) is 95.9 Å². The van der Waals surface area contributed by atoms with E-state index in [1.165, 1.54) is 27.1 Å². The first-order valence-corrected chi connectivity index (χ1v) is 13.4. The van der Waals surface area contributed by atoms with Crippen LogP contribution in [-0.2, 0) is 13.0 Å². The first-order valence-electron chi connectivity index (χ1n) is 12.5. The summed E-state index contributed by atoms with van der Waals surface area (Å²) in [6, 6.07) is 32.1. The van der Waals surface area contributed by atoms with Crippen molar-refractivity contribution in [1.29, 1.82) is 0 Å². The van der Waals surface area contributed by atoms with Gasteiger partial charge in [0.25, 0.3) is 0 Å². The lowest BCUT2D eigenvalue weighted by Gasteiger charge is -2.21. The van der Waals surface area contributed by atoms with Crippen LogP contribution in [0.2, 0.25) is 0 Å². The van der Waals surface area contributed by atoms with Crippen molar-refractivity contribution < 1.29 is 14.2 Å². The summed E-state index contributed by atoms with van der Waals surface area (Å²) in [6.45, 7) is 5.34. The minimum atomic E-state index is 0.312. The summed E-state index contributed by atoms with van der Waals surface area (Å²) in [7, 11) is 1.74. The molecular weight excluding hydrogens is 464 g/mol. The van der Waals surface area contributed by atoms with E-state index in [1.54, 1.807) is 7.11 Å².